The van der Waals surface area contributed by atoms with Gasteiger partial charge in [-0.05, 0) is 30.9 Å². The Balaban J connectivity index is 2.19. The second-order valence-electron chi connectivity index (χ2n) is 5.10. The van der Waals surface area contributed by atoms with E-state index in [1.807, 2.05) is 18.3 Å². The number of rotatable bonds is 3. The van der Waals surface area contributed by atoms with Crippen LogP contribution in [0.2, 0.25) is 0 Å². The second-order valence-corrected chi connectivity index (χ2v) is 5.10. The van der Waals surface area contributed by atoms with Gasteiger partial charge in [-0.1, -0.05) is 13.8 Å². The van der Waals surface area contributed by atoms with Crippen molar-refractivity contribution >= 4 is 11.5 Å². The summed E-state index contributed by atoms with van der Waals surface area (Å²) >= 11 is 0. The number of carbonyl (C=O) groups is 1. The molecule has 1 aliphatic heterocycles. The third-order valence-electron chi connectivity index (χ3n) is 3.51. The van der Waals surface area contributed by atoms with Crippen molar-refractivity contribution < 1.29 is 4.79 Å². The monoisotopic (exact) mass is 232 g/mol. The number of pyridine rings is 1. The number of carbonyl (C=O) groups excluding carboxylic acids is 1. The van der Waals surface area contributed by atoms with Crippen LogP contribution in [0, 0.1) is 5.92 Å². The maximum atomic E-state index is 11.2. The Hall–Kier alpha value is -1.38. The lowest BCUT2D eigenvalue weighted by Crippen LogP contribution is -2.33. The molecule has 0 radical (unpaired) electrons. The van der Waals surface area contributed by atoms with Crippen molar-refractivity contribution in [3.8, 4) is 0 Å². The minimum atomic E-state index is 0.0263. The minimum absolute atomic E-state index is 0.0263. The van der Waals surface area contributed by atoms with Gasteiger partial charge >= 0.3 is 0 Å². The van der Waals surface area contributed by atoms with Crippen LogP contribution in [0.5, 0.6) is 0 Å². The molecule has 1 aromatic heterocycles. The van der Waals surface area contributed by atoms with Crippen LogP contribution in [0.15, 0.2) is 18.3 Å². The van der Waals surface area contributed by atoms with E-state index in [0.717, 1.165) is 12.2 Å². The van der Waals surface area contributed by atoms with E-state index < -0.39 is 0 Å². The Morgan fingerprint density at radius 2 is 2.24 bits per heavy atom. The number of Topliss-reactive ketones (excluding diaryl/α,β-unsaturated/α-hetero) is 1. The van der Waals surface area contributed by atoms with Gasteiger partial charge in [0.2, 0.25) is 0 Å². The van der Waals surface area contributed by atoms with Crippen LogP contribution in [0.1, 0.15) is 44.1 Å². The predicted octanol–water partition coefficient (Wildman–Crippen LogP) is 2.91. The van der Waals surface area contributed by atoms with Crippen molar-refractivity contribution in [2.75, 3.05) is 11.4 Å². The minimum Gasteiger partial charge on any atom is -0.367 e. The normalized spacial score (nSPS) is 20.0. The lowest BCUT2D eigenvalue weighted by atomic mass is 10.0. The van der Waals surface area contributed by atoms with Gasteiger partial charge in [0.1, 0.15) is 5.69 Å². The molecule has 1 atom stereocenters. The molecule has 0 aromatic carbocycles. The zero-order valence-corrected chi connectivity index (χ0v) is 10.8. The first-order valence-corrected chi connectivity index (χ1v) is 6.33. The largest absolute Gasteiger partial charge is 0.367 e. The van der Waals surface area contributed by atoms with Gasteiger partial charge in [0.05, 0.1) is 11.9 Å². The first-order chi connectivity index (χ1) is 8.09. The highest BCUT2D eigenvalue weighted by atomic mass is 16.1. The fourth-order valence-corrected chi connectivity index (χ4v) is 2.57. The first-order valence-electron chi connectivity index (χ1n) is 6.33. The van der Waals surface area contributed by atoms with Gasteiger partial charge in [0.25, 0.3) is 0 Å². The number of anilines is 1. The molecule has 0 spiro atoms. The van der Waals surface area contributed by atoms with Crippen molar-refractivity contribution in [2.45, 2.75) is 39.7 Å². The molecule has 1 aliphatic rings. The number of nitrogens with zero attached hydrogens (tertiary/aromatic N) is 2. The molecule has 92 valence electrons. The van der Waals surface area contributed by atoms with Crippen LogP contribution < -0.4 is 4.90 Å². The maximum absolute atomic E-state index is 11.2. The molecule has 3 nitrogen and oxygen atoms in total. The number of hydrogen-bond acceptors (Lipinski definition) is 3. The molecule has 0 aliphatic carbocycles. The van der Waals surface area contributed by atoms with E-state index in [0.29, 0.717) is 17.7 Å². The standard InChI is InChI=1S/C14H20N2O/c1-10(2)14-5-4-8-16(14)12-6-7-13(11(3)17)15-9-12/h6-7,9-10,14H,4-5,8H2,1-3H3. The Morgan fingerprint density at radius 3 is 2.76 bits per heavy atom. The first kappa shape index (κ1) is 12.1. The average Bonchev–Trinajstić information content (AvgIpc) is 2.78. The van der Waals surface area contributed by atoms with Crippen molar-refractivity contribution in [1.29, 1.82) is 0 Å². The topological polar surface area (TPSA) is 33.2 Å². The van der Waals surface area contributed by atoms with Crippen molar-refractivity contribution in [1.82, 2.24) is 4.98 Å². The summed E-state index contributed by atoms with van der Waals surface area (Å²) in [6, 6.07) is 4.46. The van der Waals surface area contributed by atoms with Crippen molar-refractivity contribution in [2.24, 2.45) is 5.92 Å². The van der Waals surface area contributed by atoms with Gasteiger partial charge in [0.15, 0.2) is 5.78 Å². The van der Waals surface area contributed by atoms with Gasteiger partial charge in [-0.15, -0.1) is 0 Å². The van der Waals surface area contributed by atoms with Crippen molar-refractivity contribution in [3.63, 3.8) is 0 Å². The summed E-state index contributed by atoms with van der Waals surface area (Å²) in [4.78, 5) is 17.8. The summed E-state index contributed by atoms with van der Waals surface area (Å²) in [5, 5.41) is 0. The molecule has 17 heavy (non-hydrogen) atoms. The molecule has 0 bridgehead atoms. The Bertz CT molecular complexity index is 397. The number of aromatic nitrogens is 1. The molecule has 2 rings (SSSR count). The molecule has 1 fully saturated rings. The highest BCUT2D eigenvalue weighted by Crippen LogP contribution is 2.29. The lowest BCUT2D eigenvalue weighted by molar-refractivity contribution is 0.101. The van der Waals surface area contributed by atoms with E-state index >= 15 is 0 Å². The van der Waals surface area contributed by atoms with E-state index in [-0.39, 0.29) is 5.78 Å². The Kier molecular flexibility index (Phi) is 3.46. The third kappa shape index (κ3) is 2.48. The van der Waals surface area contributed by atoms with E-state index in [9.17, 15) is 4.79 Å². The lowest BCUT2D eigenvalue weighted by Gasteiger charge is -2.29. The van der Waals surface area contributed by atoms with Gasteiger partial charge in [-0.3, -0.25) is 9.78 Å². The van der Waals surface area contributed by atoms with Gasteiger partial charge < -0.3 is 4.90 Å². The summed E-state index contributed by atoms with van der Waals surface area (Å²) in [7, 11) is 0. The molecule has 1 saturated heterocycles. The molecular formula is C14H20N2O. The van der Waals surface area contributed by atoms with E-state index in [4.69, 9.17) is 0 Å². The zero-order valence-electron chi connectivity index (χ0n) is 10.8. The molecule has 0 saturated carbocycles. The molecule has 3 heteroatoms. The van der Waals surface area contributed by atoms with E-state index in [1.54, 1.807) is 6.92 Å². The molecule has 1 unspecified atom stereocenters. The van der Waals surface area contributed by atoms with Gasteiger partial charge in [-0.2, -0.15) is 0 Å². The maximum Gasteiger partial charge on any atom is 0.178 e. The van der Waals surface area contributed by atoms with Crippen LogP contribution in [0.4, 0.5) is 5.69 Å². The summed E-state index contributed by atoms with van der Waals surface area (Å²) in [5.74, 6) is 0.684. The van der Waals surface area contributed by atoms with Crippen LogP contribution >= 0.6 is 0 Å². The van der Waals surface area contributed by atoms with E-state index in [1.165, 1.54) is 12.8 Å². The Labute approximate surface area is 103 Å². The fourth-order valence-electron chi connectivity index (χ4n) is 2.57. The SMILES string of the molecule is CC(=O)c1ccc(N2CCCC2C(C)C)cn1. The van der Waals surface area contributed by atoms with Crippen LogP contribution in [0.25, 0.3) is 0 Å². The average molecular weight is 232 g/mol. The molecule has 1 aromatic rings. The molecule has 0 amide bonds. The smallest absolute Gasteiger partial charge is 0.178 e. The highest BCUT2D eigenvalue weighted by Gasteiger charge is 2.27. The second kappa shape index (κ2) is 4.86. The number of hydrogen-bond donors (Lipinski definition) is 0. The summed E-state index contributed by atoms with van der Waals surface area (Å²) < 4.78 is 0. The quantitative estimate of drug-likeness (QED) is 0.751. The zero-order chi connectivity index (χ0) is 12.4. The molecule has 2 heterocycles. The number of ketones is 1. The summed E-state index contributed by atoms with van der Waals surface area (Å²) in [6.07, 6.45) is 4.33. The van der Waals surface area contributed by atoms with Gasteiger partial charge in [0, 0.05) is 19.5 Å². The highest BCUT2D eigenvalue weighted by molar-refractivity contribution is 5.92. The summed E-state index contributed by atoms with van der Waals surface area (Å²) in [6.45, 7) is 7.18. The summed E-state index contributed by atoms with van der Waals surface area (Å²) in [5.41, 5.74) is 1.69. The molecule has 0 N–H and O–H groups in total. The van der Waals surface area contributed by atoms with Crippen LogP contribution in [0.3, 0.4) is 0 Å². The third-order valence-corrected chi connectivity index (χ3v) is 3.51. The molecular weight excluding hydrogens is 212 g/mol. The fraction of sp³-hybridized carbons (Fsp3) is 0.571. The van der Waals surface area contributed by atoms with Gasteiger partial charge in [-0.25, -0.2) is 0 Å². The van der Waals surface area contributed by atoms with Crippen LogP contribution in [-0.2, 0) is 0 Å². The van der Waals surface area contributed by atoms with Crippen molar-refractivity contribution in [3.05, 3.63) is 24.0 Å². The van der Waals surface area contributed by atoms with E-state index in [2.05, 4.69) is 23.7 Å². The Morgan fingerprint density at radius 1 is 1.47 bits per heavy atom. The predicted molar refractivity (Wildman–Crippen MR) is 69.4 cm³/mol. The van der Waals surface area contributed by atoms with Crippen LogP contribution in [-0.4, -0.2) is 23.4 Å².